The summed E-state index contributed by atoms with van der Waals surface area (Å²) in [6.07, 6.45) is -4.43. The molecular weight excluding hydrogens is 279 g/mol. The van der Waals surface area contributed by atoms with Gasteiger partial charge in [0.05, 0.1) is 11.6 Å². The Morgan fingerprint density at radius 2 is 1.71 bits per heavy atom. The fourth-order valence-corrected chi connectivity index (χ4v) is 2.36. The molecule has 1 atom stereocenters. The molecule has 1 heterocycles. The largest absolute Gasteiger partial charge is 0.416 e. The molecule has 3 nitrogen and oxygen atoms in total. The molecule has 21 heavy (non-hydrogen) atoms. The number of hydrogen-bond donors (Lipinski definition) is 2. The van der Waals surface area contributed by atoms with Gasteiger partial charge in [-0.25, -0.2) is 5.43 Å². The molecule has 0 aliphatic carbocycles. The van der Waals surface area contributed by atoms with Gasteiger partial charge >= 0.3 is 6.18 Å². The zero-order valence-electron chi connectivity index (χ0n) is 11.7. The summed E-state index contributed by atoms with van der Waals surface area (Å²) < 4.78 is 39.4. The molecule has 0 aliphatic heterocycles. The quantitative estimate of drug-likeness (QED) is 0.675. The maximum Gasteiger partial charge on any atom is 0.416 e. The van der Waals surface area contributed by atoms with Gasteiger partial charge in [0.1, 0.15) is 0 Å². The molecule has 2 aromatic rings. The van der Waals surface area contributed by atoms with Crippen LogP contribution in [0, 0.1) is 13.8 Å². The Morgan fingerprint density at radius 3 is 2.29 bits per heavy atom. The summed E-state index contributed by atoms with van der Waals surface area (Å²) in [5, 5.41) is 0. The second kappa shape index (κ2) is 5.83. The van der Waals surface area contributed by atoms with Crippen molar-refractivity contribution < 1.29 is 13.2 Å². The lowest BCUT2D eigenvalue weighted by Gasteiger charge is -2.22. The Morgan fingerprint density at radius 1 is 1.05 bits per heavy atom. The number of pyridine rings is 1. The lowest BCUT2D eigenvalue weighted by atomic mass is 9.93. The molecule has 0 spiro atoms. The predicted octanol–water partition coefficient (Wildman–Crippen LogP) is 3.27. The lowest BCUT2D eigenvalue weighted by molar-refractivity contribution is -0.138. The molecule has 112 valence electrons. The Kier molecular flexibility index (Phi) is 4.29. The number of hydrogen-bond acceptors (Lipinski definition) is 3. The highest BCUT2D eigenvalue weighted by molar-refractivity contribution is 5.40. The van der Waals surface area contributed by atoms with Gasteiger partial charge in [-0.1, -0.05) is 24.3 Å². The number of aryl methyl sites for hydroxylation is 2. The van der Waals surface area contributed by atoms with Crippen LogP contribution in [0.15, 0.2) is 36.4 Å². The van der Waals surface area contributed by atoms with Crippen LogP contribution in [0.5, 0.6) is 0 Å². The zero-order chi connectivity index (χ0) is 15.6. The first-order chi connectivity index (χ1) is 9.84. The third-order valence-corrected chi connectivity index (χ3v) is 3.32. The Labute approximate surface area is 121 Å². The number of nitrogens with zero attached hydrogens (tertiary/aromatic N) is 1. The Hall–Kier alpha value is -1.92. The van der Waals surface area contributed by atoms with E-state index in [0.717, 1.165) is 11.8 Å². The minimum absolute atomic E-state index is 0.0845. The van der Waals surface area contributed by atoms with Gasteiger partial charge < -0.3 is 0 Å². The summed E-state index contributed by atoms with van der Waals surface area (Å²) in [5.41, 5.74) is 3.93. The maximum atomic E-state index is 13.1. The second-order valence-corrected chi connectivity index (χ2v) is 4.81. The smallest absolute Gasteiger partial charge is 0.271 e. The van der Waals surface area contributed by atoms with Crippen molar-refractivity contribution in [2.45, 2.75) is 26.1 Å². The molecule has 2 rings (SSSR count). The molecule has 1 unspecified atom stereocenters. The van der Waals surface area contributed by atoms with Crippen LogP contribution in [-0.2, 0) is 6.18 Å². The van der Waals surface area contributed by atoms with Crippen LogP contribution in [0.3, 0.4) is 0 Å². The number of hydrazine groups is 1. The van der Waals surface area contributed by atoms with Crippen LogP contribution in [0.2, 0.25) is 0 Å². The van der Waals surface area contributed by atoms with Gasteiger partial charge in [0.15, 0.2) is 0 Å². The number of alkyl halides is 3. The van der Waals surface area contributed by atoms with E-state index in [1.165, 1.54) is 12.1 Å². The molecule has 0 radical (unpaired) electrons. The van der Waals surface area contributed by atoms with E-state index in [2.05, 4.69) is 10.4 Å². The summed E-state index contributed by atoms with van der Waals surface area (Å²) in [6, 6.07) is 8.13. The number of aromatic nitrogens is 1. The van der Waals surface area contributed by atoms with Gasteiger partial charge in [-0.05, 0) is 37.1 Å². The van der Waals surface area contributed by atoms with Crippen molar-refractivity contribution in [2.24, 2.45) is 5.84 Å². The number of rotatable bonds is 3. The van der Waals surface area contributed by atoms with Crippen molar-refractivity contribution in [3.63, 3.8) is 0 Å². The van der Waals surface area contributed by atoms with Crippen molar-refractivity contribution in [3.8, 4) is 0 Å². The molecule has 0 fully saturated rings. The van der Waals surface area contributed by atoms with Gasteiger partial charge in [-0.15, -0.1) is 0 Å². The first-order valence-corrected chi connectivity index (χ1v) is 6.41. The predicted molar refractivity (Wildman–Crippen MR) is 74.3 cm³/mol. The van der Waals surface area contributed by atoms with E-state index < -0.39 is 17.8 Å². The fourth-order valence-electron chi connectivity index (χ4n) is 2.36. The highest BCUT2D eigenvalue weighted by atomic mass is 19.4. The third-order valence-electron chi connectivity index (χ3n) is 3.32. The molecule has 0 saturated heterocycles. The molecule has 1 aromatic heterocycles. The topological polar surface area (TPSA) is 50.9 Å². The minimum atomic E-state index is -4.43. The first-order valence-electron chi connectivity index (χ1n) is 6.41. The number of nitrogens with two attached hydrogens (primary N) is 1. The van der Waals surface area contributed by atoms with Gasteiger partial charge in [-0.2, -0.15) is 13.2 Å². The third kappa shape index (κ3) is 3.22. The first kappa shape index (κ1) is 15.5. The Bertz CT molecular complexity index is 638. The zero-order valence-corrected chi connectivity index (χ0v) is 11.7. The van der Waals surface area contributed by atoms with E-state index in [0.29, 0.717) is 11.3 Å². The fraction of sp³-hybridized carbons (Fsp3) is 0.267. The normalized spacial score (nSPS) is 13.2. The van der Waals surface area contributed by atoms with Gasteiger partial charge in [0, 0.05) is 11.4 Å². The van der Waals surface area contributed by atoms with Crippen molar-refractivity contribution in [3.05, 3.63) is 64.5 Å². The van der Waals surface area contributed by atoms with Crippen molar-refractivity contribution >= 4 is 0 Å². The van der Waals surface area contributed by atoms with Gasteiger partial charge in [-0.3, -0.25) is 10.8 Å². The standard InChI is InChI=1S/C15H16F3N3/c1-9-7-8-11(10(2)20-9)14(21-19)12-5-3-4-6-13(12)15(16,17)18/h3-8,14,21H,19H2,1-2H3. The second-order valence-electron chi connectivity index (χ2n) is 4.81. The van der Waals surface area contributed by atoms with Gasteiger partial charge in [0.25, 0.3) is 0 Å². The van der Waals surface area contributed by atoms with Crippen LogP contribution in [0.1, 0.15) is 34.1 Å². The highest BCUT2D eigenvalue weighted by Gasteiger charge is 2.35. The highest BCUT2D eigenvalue weighted by Crippen LogP contribution is 2.36. The number of nitrogens with one attached hydrogen (secondary N) is 1. The van der Waals surface area contributed by atoms with Crippen LogP contribution in [0.4, 0.5) is 13.2 Å². The van der Waals surface area contributed by atoms with Crippen molar-refractivity contribution in [1.82, 2.24) is 10.4 Å². The molecule has 3 N–H and O–H groups in total. The lowest BCUT2D eigenvalue weighted by Crippen LogP contribution is -2.31. The van der Waals surface area contributed by atoms with Crippen molar-refractivity contribution in [1.29, 1.82) is 0 Å². The monoisotopic (exact) mass is 295 g/mol. The van der Waals surface area contributed by atoms with Crippen LogP contribution in [-0.4, -0.2) is 4.98 Å². The van der Waals surface area contributed by atoms with Crippen LogP contribution < -0.4 is 11.3 Å². The molecule has 0 saturated carbocycles. The summed E-state index contributed by atoms with van der Waals surface area (Å²) >= 11 is 0. The van der Waals surface area contributed by atoms with Crippen molar-refractivity contribution in [2.75, 3.05) is 0 Å². The van der Waals surface area contributed by atoms with E-state index in [9.17, 15) is 13.2 Å². The molecule has 0 bridgehead atoms. The number of halogens is 3. The Balaban J connectivity index is 2.57. The summed E-state index contributed by atoms with van der Waals surface area (Å²) in [5.74, 6) is 5.51. The molecular formula is C15H16F3N3. The van der Waals surface area contributed by atoms with Crippen LogP contribution >= 0.6 is 0 Å². The molecule has 0 aliphatic rings. The molecule has 0 amide bonds. The van der Waals surface area contributed by atoms with Gasteiger partial charge in [0.2, 0.25) is 0 Å². The summed E-state index contributed by atoms with van der Waals surface area (Å²) in [4.78, 5) is 4.28. The molecule has 6 heteroatoms. The average Bonchev–Trinajstić information content (AvgIpc) is 2.41. The maximum absolute atomic E-state index is 13.1. The van der Waals surface area contributed by atoms with E-state index >= 15 is 0 Å². The summed E-state index contributed by atoms with van der Waals surface area (Å²) in [7, 11) is 0. The molecule has 1 aromatic carbocycles. The van der Waals surface area contributed by atoms with Crippen LogP contribution in [0.25, 0.3) is 0 Å². The average molecular weight is 295 g/mol. The number of benzene rings is 1. The van der Waals surface area contributed by atoms with E-state index in [4.69, 9.17) is 5.84 Å². The van der Waals surface area contributed by atoms with E-state index in [-0.39, 0.29) is 5.56 Å². The van der Waals surface area contributed by atoms with E-state index in [1.54, 1.807) is 25.1 Å². The summed E-state index contributed by atoms with van der Waals surface area (Å²) in [6.45, 7) is 3.58. The van der Waals surface area contributed by atoms with E-state index in [1.807, 2.05) is 6.92 Å². The minimum Gasteiger partial charge on any atom is -0.271 e. The SMILES string of the molecule is Cc1ccc(C(NN)c2ccccc2C(F)(F)F)c(C)n1.